The minimum Gasteiger partial charge on any atom is -0.468 e. The van der Waals surface area contributed by atoms with Gasteiger partial charge in [-0.3, -0.25) is 67.1 Å². The molecule has 0 aromatic heterocycles. The number of ketones is 7. The van der Waals surface area contributed by atoms with E-state index < -0.39 is 15.7 Å². The third-order valence-electron chi connectivity index (χ3n) is 17.6. The number of carbonyl (C=O) groups excluding carboxylic acids is 14. The second-order valence-corrected chi connectivity index (χ2v) is 38.6. The third kappa shape index (κ3) is 50.4. The second-order valence-electron chi connectivity index (χ2n) is 28.3. The number of rotatable bonds is 43. The highest BCUT2D eigenvalue weighted by Crippen LogP contribution is 2.38. The smallest absolute Gasteiger partial charge is 0.323 e. The van der Waals surface area contributed by atoms with E-state index in [1.165, 1.54) is 158 Å². The summed E-state index contributed by atoms with van der Waals surface area (Å²) in [6, 6.07) is 50.4. The highest BCUT2D eigenvalue weighted by molar-refractivity contribution is 9.10. The van der Waals surface area contributed by atoms with Crippen LogP contribution in [-0.4, -0.2) is 177 Å². The van der Waals surface area contributed by atoms with Crippen molar-refractivity contribution in [1.29, 1.82) is 0 Å². The Balaban J connectivity index is 0.000000747. The molecule has 7 unspecified atom stereocenters. The van der Waals surface area contributed by atoms with Crippen molar-refractivity contribution in [3.63, 3.8) is 0 Å². The van der Waals surface area contributed by atoms with Crippen molar-refractivity contribution in [3.8, 4) is 0 Å². The summed E-state index contributed by atoms with van der Waals surface area (Å²) in [5.41, 5.74) is 11.5. The monoisotopic (exact) mass is 2000 g/mol. The summed E-state index contributed by atoms with van der Waals surface area (Å²) in [5, 5.41) is 7.47. The van der Waals surface area contributed by atoms with Gasteiger partial charge in [0.05, 0.1) is 56.4 Å². The first-order valence-electron chi connectivity index (χ1n) is 40.2. The lowest BCUT2D eigenvalue weighted by molar-refractivity contribution is -0.141. The van der Waals surface area contributed by atoms with Crippen molar-refractivity contribution in [2.24, 2.45) is 0 Å². The van der Waals surface area contributed by atoms with Crippen LogP contribution < -0.4 is 0 Å². The maximum absolute atomic E-state index is 11.9. The lowest BCUT2D eigenvalue weighted by Crippen LogP contribution is -2.12. The number of thioether (sulfide) groups is 7. The Morgan fingerprint density at radius 2 is 0.500 bits per heavy atom. The standard InChI is InChI=1S/C15H20O3S.C14H18O4S.2C14H18O3S.C13H15BrO3S.2C13H15ClO3S/c1-10-5-6-13(9-11(10)2)14(15(17)18-4)19-8-7-12(3)16;1-10(16)7-8-19-13(14(17)18-2)12-5-3-11(9-15)4-6-12;2*1-10-4-6-12(7-5-10)13(14(16)17-3)18-9-8-11(2)15;2*1-9(15)7-8-18-12(13(16)17-2)10-3-5-11(14)6-4-10;1-9(15)6-7-18-12(13(16)17-2)10-4-3-5-11(14)8-10/h5-6,9,14H,7-8H2,1-4H3;3-6,13,15H,7-9H2,1-2H3;2*4-7,13H,8-9H2,1-3H3;2*3-6,12H,7-8H2,1-2H3;3-5,8,12H,6-7H2,1-2H3. The molecule has 0 heterocycles. The molecule has 7 rings (SSSR count). The highest BCUT2D eigenvalue weighted by Gasteiger charge is 2.29. The summed E-state index contributed by atoms with van der Waals surface area (Å²) >= 11 is 25.0. The number of aliphatic hydroxyl groups is 1. The second kappa shape index (κ2) is 68.1. The first kappa shape index (κ1) is 118. The van der Waals surface area contributed by atoms with E-state index in [9.17, 15) is 67.1 Å². The molecule has 0 saturated heterocycles. The first-order valence-corrected chi connectivity index (χ1v) is 49.1. The summed E-state index contributed by atoms with van der Waals surface area (Å²) in [5.74, 6) is 3.05. The van der Waals surface area contributed by atoms with E-state index in [0.717, 1.165) is 65.7 Å². The maximum Gasteiger partial charge on any atom is 0.323 e. The molecule has 0 aliphatic heterocycles. The van der Waals surface area contributed by atoms with Gasteiger partial charge in [-0.2, -0.15) is 0 Å². The fourth-order valence-electron chi connectivity index (χ4n) is 10.2. The molecule has 698 valence electrons. The van der Waals surface area contributed by atoms with Gasteiger partial charge in [-0.15, -0.1) is 82.3 Å². The molecule has 0 radical (unpaired) electrons. The van der Waals surface area contributed by atoms with E-state index in [2.05, 4.69) is 15.9 Å². The van der Waals surface area contributed by atoms with E-state index in [0.29, 0.717) is 95.3 Å². The van der Waals surface area contributed by atoms with Gasteiger partial charge in [-0.25, -0.2) is 0 Å². The molecule has 0 aliphatic rings. The van der Waals surface area contributed by atoms with Crippen LogP contribution in [0.2, 0.25) is 10.0 Å². The van der Waals surface area contributed by atoms with Gasteiger partial charge in [-0.05, 0) is 168 Å². The van der Waals surface area contributed by atoms with E-state index in [-0.39, 0.29) is 110 Å². The Hall–Kier alpha value is -8.01. The zero-order valence-electron chi connectivity index (χ0n) is 75.7. The Kier molecular flexibility index (Phi) is 62.8. The summed E-state index contributed by atoms with van der Waals surface area (Å²) in [7, 11) is 9.59. The molecular weight excluding hydrogens is 1880 g/mol. The fraction of sp³-hybridized carbons (Fsp3) is 0.417. The quantitative estimate of drug-likeness (QED) is 0.0274. The number of Topliss-reactive ketones (excluding diaryl/α,β-unsaturated/α-hetero) is 7. The first-order chi connectivity index (χ1) is 60.7. The molecule has 32 heteroatoms. The van der Waals surface area contributed by atoms with Crippen LogP contribution in [0, 0.1) is 27.7 Å². The lowest BCUT2D eigenvalue weighted by Gasteiger charge is -2.15. The molecule has 0 amide bonds. The summed E-state index contributed by atoms with van der Waals surface area (Å²) in [4.78, 5) is 159. The third-order valence-corrected chi connectivity index (χ3v) is 27.3. The SMILES string of the molecule is COC(=O)C(SCCC(C)=O)c1ccc(Br)cc1.COC(=O)C(SCCC(C)=O)c1ccc(C)c(C)c1.COC(=O)C(SCCC(C)=O)c1ccc(C)cc1.COC(=O)C(SCCC(C)=O)c1ccc(C)cc1.COC(=O)C(SCCC(C)=O)c1ccc(CO)cc1.COC(=O)C(SCCC(C)=O)c1ccc(Cl)cc1.COC(=O)C(SCCC(C)=O)c1cccc(Cl)c1. The molecule has 0 saturated carbocycles. The van der Waals surface area contributed by atoms with Crippen molar-refractivity contribution in [2.45, 2.75) is 164 Å². The topological polar surface area (TPSA) is 324 Å². The van der Waals surface area contributed by atoms with Crippen molar-refractivity contribution in [2.75, 3.05) is 90.0 Å². The molecule has 7 aromatic carbocycles. The van der Waals surface area contributed by atoms with E-state index in [1.807, 2.05) is 125 Å². The van der Waals surface area contributed by atoms with Crippen LogP contribution in [0.3, 0.4) is 0 Å². The molecule has 0 bridgehead atoms. The maximum atomic E-state index is 11.9. The summed E-state index contributed by atoms with van der Waals surface area (Å²) in [6.45, 7) is 18.9. The number of carbonyl (C=O) groups is 14. The zero-order chi connectivity index (χ0) is 96.4. The van der Waals surface area contributed by atoms with Gasteiger partial charge < -0.3 is 38.3 Å². The highest BCUT2D eigenvalue weighted by atomic mass is 79.9. The van der Waals surface area contributed by atoms with E-state index in [4.69, 9.17) is 61.5 Å². The van der Waals surface area contributed by atoms with Crippen molar-refractivity contribution < 1.29 is 105 Å². The van der Waals surface area contributed by atoms with Crippen LogP contribution in [0.4, 0.5) is 0 Å². The van der Waals surface area contributed by atoms with Crippen LogP contribution >= 0.6 is 121 Å². The number of esters is 7. The van der Waals surface area contributed by atoms with Crippen molar-refractivity contribution in [3.05, 3.63) is 245 Å². The molecule has 0 aliphatic carbocycles. The van der Waals surface area contributed by atoms with Gasteiger partial charge in [0.1, 0.15) is 77.2 Å². The predicted octanol–water partition coefficient (Wildman–Crippen LogP) is 21.1. The minimum absolute atomic E-state index is 0.0271. The van der Waals surface area contributed by atoms with Crippen LogP contribution in [0.5, 0.6) is 0 Å². The van der Waals surface area contributed by atoms with E-state index >= 15 is 0 Å². The van der Waals surface area contributed by atoms with Crippen molar-refractivity contribution in [1.82, 2.24) is 0 Å². The Labute approximate surface area is 802 Å². The average Bonchev–Trinajstić information content (AvgIpc) is 0.952. The molecule has 1 N–H and O–H groups in total. The number of hydrogen-bond acceptors (Lipinski definition) is 29. The molecule has 128 heavy (non-hydrogen) atoms. The van der Waals surface area contributed by atoms with Crippen LogP contribution in [0.15, 0.2) is 168 Å². The van der Waals surface area contributed by atoms with Gasteiger partial charge in [0.2, 0.25) is 0 Å². The average molecular weight is 2000 g/mol. The minimum atomic E-state index is -0.437. The van der Waals surface area contributed by atoms with Crippen LogP contribution in [-0.2, 0) is 107 Å². The summed E-state index contributed by atoms with van der Waals surface area (Å²) < 4.78 is 34.6. The predicted molar refractivity (Wildman–Crippen MR) is 525 cm³/mol. The molecule has 7 aromatic rings. The number of hydrogen-bond donors (Lipinski definition) is 1. The van der Waals surface area contributed by atoms with Gasteiger partial charge >= 0.3 is 41.8 Å². The largest absolute Gasteiger partial charge is 0.468 e. The van der Waals surface area contributed by atoms with Gasteiger partial charge in [0.25, 0.3) is 0 Å². The normalized spacial score (nSPS) is 12.0. The Bertz CT molecular complexity index is 4290. The van der Waals surface area contributed by atoms with Gasteiger partial charge in [0, 0.05) is 99.7 Å². The molecule has 22 nitrogen and oxygen atoms in total. The zero-order valence-corrected chi connectivity index (χ0v) is 84.6. The fourth-order valence-corrected chi connectivity index (χ4v) is 19.4. The summed E-state index contributed by atoms with van der Waals surface area (Å²) in [6.07, 6.45) is 3.23. The van der Waals surface area contributed by atoms with Crippen LogP contribution in [0.25, 0.3) is 0 Å². The molecule has 0 fully saturated rings. The van der Waals surface area contributed by atoms with Gasteiger partial charge in [-0.1, -0.05) is 178 Å². The number of benzene rings is 7. The number of ether oxygens (including phenoxy) is 7. The number of halogens is 3. The van der Waals surface area contributed by atoms with Crippen molar-refractivity contribution >= 4 is 204 Å². The van der Waals surface area contributed by atoms with E-state index in [1.54, 1.807) is 94.4 Å². The lowest BCUT2D eigenvalue weighted by atomic mass is 10.0. The molecule has 0 spiro atoms. The molecule has 7 atom stereocenters. The number of methoxy groups -OCH3 is 7. The Morgan fingerprint density at radius 1 is 0.281 bits per heavy atom. The molecular formula is C96H119BrCl2O22S7. The van der Waals surface area contributed by atoms with Gasteiger partial charge in [0.15, 0.2) is 0 Å². The van der Waals surface area contributed by atoms with Crippen LogP contribution in [0.1, 0.15) is 197 Å². The number of aliphatic hydroxyl groups excluding tert-OH is 1. The Morgan fingerprint density at radius 3 is 0.727 bits per heavy atom. The number of aryl methyl sites for hydroxylation is 4.